The van der Waals surface area contributed by atoms with Crippen LogP contribution in [0.5, 0.6) is 0 Å². The molecule has 0 radical (unpaired) electrons. The largest absolute Gasteiger partial charge is 0.324 e. The first-order valence-electron chi connectivity index (χ1n) is 5.13. The van der Waals surface area contributed by atoms with E-state index in [0.717, 1.165) is 10.0 Å². The summed E-state index contributed by atoms with van der Waals surface area (Å²) in [5, 5.41) is 0. The molecule has 4 heteroatoms. The topological polar surface area (TPSA) is 38.9 Å². The van der Waals surface area contributed by atoms with Gasteiger partial charge in [0.25, 0.3) is 0 Å². The summed E-state index contributed by atoms with van der Waals surface area (Å²) >= 11 is 3.42. The van der Waals surface area contributed by atoms with Gasteiger partial charge in [-0.05, 0) is 46.3 Å². The van der Waals surface area contributed by atoms with Gasteiger partial charge in [0.05, 0.1) is 0 Å². The molecule has 0 bridgehead atoms. The van der Waals surface area contributed by atoms with Gasteiger partial charge < -0.3 is 5.73 Å². The fourth-order valence-electron chi connectivity index (χ4n) is 2.20. The molecule has 2 N–H and O–H groups in total. The molecular weight excluding hydrogens is 275 g/mol. The zero-order valence-electron chi connectivity index (χ0n) is 8.53. The molecule has 1 aromatic heterocycles. The van der Waals surface area contributed by atoms with Gasteiger partial charge in [-0.1, -0.05) is 12.8 Å². The molecule has 1 saturated carbocycles. The number of hydrogen-bond donors (Lipinski definition) is 1. The number of nitrogens with zero attached hydrogens (tertiary/aromatic N) is 1. The third-order valence-electron chi connectivity index (χ3n) is 3.02. The van der Waals surface area contributed by atoms with E-state index in [1.807, 2.05) is 6.20 Å². The SMILES string of the molecule is Cl.N[C@@H](c1cncc(Br)c1)C1CCCC1. The molecule has 1 aliphatic carbocycles. The Labute approximate surface area is 105 Å². The molecule has 1 aliphatic rings. The molecule has 1 heterocycles. The predicted molar refractivity (Wildman–Crippen MR) is 68.1 cm³/mol. The van der Waals surface area contributed by atoms with E-state index in [1.54, 1.807) is 6.20 Å². The molecule has 1 aromatic rings. The van der Waals surface area contributed by atoms with Crippen molar-refractivity contribution >= 4 is 28.3 Å². The molecule has 15 heavy (non-hydrogen) atoms. The maximum atomic E-state index is 6.21. The van der Waals surface area contributed by atoms with Crippen LogP contribution in [0.1, 0.15) is 37.3 Å². The van der Waals surface area contributed by atoms with E-state index in [0.29, 0.717) is 5.92 Å². The molecule has 0 unspecified atom stereocenters. The molecular formula is C11H16BrClN2. The highest BCUT2D eigenvalue weighted by molar-refractivity contribution is 9.10. The van der Waals surface area contributed by atoms with Crippen LogP contribution in [0.25, 0.3) is 0 Å². The lowest BCUT2D eigenvalue weighted by molar-refractivity contribution is 0.444. The minimum Gasteiger partial charge on any atom is -0.324 e. The lowest BCUT2D eigenvalue weighted by Crippen LogP contribution is -2.19. The monoisotopic (exact) mass is 290 g/mol. The summed E-state index contributed by atoms with van der Waals surface area (Å²) in [5.74, 6) is 0.658. The van der Waals surface area contributed by atoms with Crippen molar-refractivity contribution in [2.75, 3.05) is 0 Å². The van der Waals surface area contributed by atoms with Crippen molar-refractivity contribution in [2.45, 2.75) is 31.7 Å². The maximum Gasteiger partial charge on any atom is 0.0410 e. The maximum absolute atomic E-state index is 6.21. The first kappa shape index (κ1) is 12.9. The van der Waals surface area contributed by atoms with Crippen LogP contribution in [0.15, 0.2) is 22.9 Å². The molecule has 0 aliphatic heterocycles. The van der Waals surface area contributed by atoms with Crippen molar-refractivity contribution in [1.29, 1.82) is 0 Å². The summed E-state index contributed by atoms with van der Waals surface area (Å²) in [7, 11) is 0. The van der Waals surface area contributed by atoms with Crippen LogP contribution >= 0.6 is 28.3 Å². The van der Waals surface area contributed by atoms with E-state index >= 15 is 0 Å². The van der Waals surface area contributed by atoms with Gasteiger partial charge in [0.2, 0.25) is 0 Å². The van der Waals surface area contributed by atoms with Crippen LogP contribution in [0, 0.1) is 5.92 Å². The minimum atomic E-state index is 0. The fourth-order valence-corrected chi connectivity index (χ4v) is 2.58. The van der Waals surface area contributed by atoms with Crippen molar-refractivity contribution in [3.63, 3.8) is 0 Å². The smallest absolute Gasteiger partial charge is 0.0410 e. The van der Waals surface area contributed by atoms with E-state index in [9.17, 15) is 0 Å². The van der Waals surface area contributed by atoms with Gasteiger partial charge in [-0.3, -0.25) is 4.98 Å². The van der Waals surface area contributed by atoms with Crippen molar-refractivity contribution in [1.82, 2.24) is 4.98 Å². The number of rotatable bonds is 2. The van der Waals surface area contributed by atoms with E-state index in [1.165, 1.54) is 25.7 Å². The van der Waals surface area contributed by atoms with Crippen LogP contribution in [0.4, 0.5) is 0 Å². The summed E-state index contributed by atoms with van der Waals surface area (Å²) in [5.41, 5.74) is 7.37. The van der Waals surface area contributed by atoms with Crippen LogP contribution < -0.4 is 5.73 Å². The van der Waals surface area contributed by atoms with Gasteiger partial charge in [0.15, 0.2) is 0 Å². The lowest BCUT2D eigenvalue weighted by atomic mass is 9.94. The summed E-state index contributed by atoms with van der Waals surface area (Å²) in [4.78, 5) is 4.15. The fraction of sp³-hybridized carbons (Fsp3) is 0.545. The highest BCUT2D eigenvalue weighted by Gasteiger charge is 2.23. The number of aromatic nitrogens is 1. The average molecular weight is 292 g/mol. The molecule has 1 atom stereocenters. The Kier molecular flexibility index (Phi) is 5.03. The molecule has 0 aromatic carbocycles. The molecule has 84 valence electrons. The Morgan fingerprint density at radius 1 is 1.33 bits per heavy atom. The van der Waals surface area contributed by atoms with Crippen LogP contribution in [0.2, 0.25) is 0 Å². The first-order chi connectivity index (χ1) is 6.77. The molecule has 2 rings (SSSR count). The molecule has 1 fully saturated rings. The van der Waals surface area contributed by atoms with Crippen LogP contribution in [-0.2, 0) is 0 Å². The number of nitrogens with two attached hydrogens (primary N) is 1. The zero-order chi connectivity index (χ0) is 9.97. The molecule has 0 spiro atoms. The van der Waals surface area contributed by atoms with Gasteiger partial charge in [-0.15, -0.1) is 12.4 Å². The van der Waals surface area contributed by atoms with Gasteiger partial charge in [-0.2, -0.15) is 0 Å². The van der Waals surface area contributed by atoms with E-state index in [2.05, 4.69) is 27.0 Å². The molecule has 0 saturated heterocycles. The molecule has 0 amide bonds. The van der Waals surface area contributed by atoms with E-state index in [4.69, 9.17) is 5.73 Å². The van der Waals surface area contributed by atoms with E-state index in [-0.39, 0.29) is 18.4 Å². The Hall–Kier alpha value is -0.120. The number of halogens is 2. The Morgan fingerprint density at radius 2 is 2.00 bits per heavy atom. The van der Waals surface area contributed by atoms with Gasteiger partial charge >= 0.3 is 0 Å². The Balaban J connectivity index is 0.00000112. The minimum absolute atomic E-state index is 0. The third-order valence-corrected chi connectivity index (χ3v) is 3.45. The summed E-state index contributed by atoms with van der Waals surface area (Å²) in [6.45, 7) is 0. The average Bonchev–Trinajstić information content (AvgIpc) is 2.69. The van der Waals surface area contributed by atoms with Gasteiger partial charge in [0, 0.05) is 22.9 Å². The van der Waals surface area contributed by atoms with Crippen molar-refractivity contribution in [3.8, 4) is 0 Å². The van der Waals surface area contributed by atoms with Crippen LogP contribution in [0.3, 0.4) is 0 Å². The quantitative estimate of drug-likeness (QED) is 0.906. The second-order valence-electron chi connectivity index (χ2n) is 4.01. The first-order valence-corrected chi connectivity index (χ1v) is 5.92. The predicted octanol–water partition coefficient (Wildman–Crippen LogP) is 3.46. The standard InChI is InChI=1S/C11H15BrN2.ClH/c12-10-5-9(6-14-7-10)11(13)8-3-1-2-4-8;/h5-8,11H,1-4,13H2;1H/t11-;/m1./s1. The summed E-state index contributed by atoms with van der Waals surface area (Å²) in [6, 6.07) is 2.25. The highest BCUT2D eigenvalue weighted by atomic mass is 79.9. The van der Waals surface area contributed by atoms with Gasteiger partial charge in [0.1, 0.15) is 0 Å². The van der Waals surface area contributed by atoms with Gasteiger partial charge in [-0.25, -0.2) is 0 Å². The molecule has 2 nitrogen and oxygen atoms in total. The Bertz CT molecular complexity index is 313. The summed E-state index contributed by atoms with van der Waals surface area (Å²) in [6.07, 6.45) is 8.89. The number of pyridine rings is 1. The second-order valence-corrected chi connectivity index (χ2v) is 4.92. The second kappa shape index (κ2) is 5.83. The number of hydrogen-bond acceptors (Lipinski definition) is 2. The van der Waals surface area contributed by atoms with E-state index < -0.39 is 0 Å². The van der Waals surface area contributed by atoms with Crippen molar-refractivity contribution in [3.05, 3.63) is 28.5 Å². The normalized spacial score (nSPS) is 18.5. The van der Waals surface area contributed by atoms with Crippen molar-refractivity contribution in [2.24, 2.45) is 11.7 Å². The summed E-state index contributed by atoms with van der Waals surface area (Å²) < 4.78 is 1.02. The third kappa shape index (κ3) is 3.16. The Morgan fingerprint density at radius 3 is 2.60 bits per heavy atom. The van der Waals surface area contributed by atoms with Crippen molar-refractivity contribution < 1.29 is 0 Å². The zero-order valence-corrected chi connectivity index (χ0v) is 10.9. The lowest BCUT2D eigenvalue weighted by Gasteiger charge is -2.18. The highest BCUT2D eigenvalue weighted by Crippen LogP contribution is 2.34. The van der Waals surface area contributed by atoms with Crippen LogP contribution in [-0.4, -0.2) is 4.98 Å².